The quantitative estimate of drug-likeness (QED) is 0.581. The lowest BCUT2D eigenvalue weighted by Gasteiger charge is -2.35. The molecule has 0 amide bonds. The Labute approximate surface area is 180 Å². The maximum Gasteiger partial charge on any atom is 0.200 e. The summed E-state index contributed by atoms with van der Waals surface area (Å²) in [6, 6.07) is 3.50. The van der Waals surface area contributed by atoms with E-state index in [1.807, 2.05) is 19.9 Å². The van der Waals surface area contributed by atoms with Gasteiger partial charge in [0.05, 0.1) is 13.2 Å². The highest BCUT2D eigenvalue weighted by molar-refractivity contribution is 6.07. The van der Waals surface area contributed by atoms with Crippen molar-refractivity contribution in [2.24, 2.45) is 11.8 Å². The summed E-state index contributed by atoms with van der Waals surface area (Å²) in [7, 11) is 0. The van der Waals surface area contributed by atoms with Gasteiger partial charge in [-0.1, -0.05) is 12.8 Å². The van der Waals surface area contributed by atoms with E-state index in [0.29, 0.717) is 36.7 Å². The second kappa shape index (κ2) is 9.25. The molecule has 1 atom stereocenters. The van der Waals surface area contributed by atoms with Crippen LogP contribution >= 0.6 is 0 Å². The molecule has 4 nitrogen and oxygen atoms in total. The van der Waals surface area contributed by atoms with E-state index in [4.69, 9.17) is 9.47 Å². The Bertz CT molecular complexity index is 753. The van der Waals surface area contributed by atoms with Crippen LogP contribution < -0.4 is 9.47 Å². The first-order valence-corrected chi connectivity index (χ1v) is 11.9. The Morgan fingerprint density at radius 2 is 1.63 bits per heavy atom. The summed E-state index contributed by atoms with van der Waals surface area (Å²) in [4.78, 5) is 15.6. The lowest BCUT2D eigenvalue weighted by atomic mass is 9.83. The number of halogens is 1. The molecule has 0 radical (unpaired) electrons. The fourth-order valence-electron chi connectivity index (χ4n) is 5.67. The number of ether oxygens (including phenoxy) is 2. The average molecular weight is 418 g/mol. The fraction of sp³-hybridized carbons (Fsp3) is 0.720. The molecule has 4 rings (SSSR count). The molecule has 0 spiro atoms. The van der Waals surface area contributed by atoms with Gasteiger partial charge >= 0.3 is 0 Å². The first-order chi connectivity index (χ1) is 14.5. The highest BCUT2D eigenvalue weighted by Gasteiger charge is 2.48. The fourth-order valence-corrected chi connectivity index (χ4v) is 5.67. The van der Waals surface area contributed by atoms with Crippen molar-refractivity contribution >= 4 is 5.78 Å². The molecule has 2 aliphatic carbocycles. The number of piperidine rings is 1. The monoisotopic (exact) mass is 417 g/mol. The number of rotatable bonds is 8. The number of benzene rings is 1. The third-order valence-electron chi connectivity index (χ3n) is 7.20. The number of ketones is 1. The molecule has 1 aromatic rings. The van der Waals surface area contributed by atoms with Gasteiger partial charge in [-0.25, -0.2) is 4.39 Å². The molecule has 0 bridgehead atoms. The predicted molar refractivity (Wildman–Crippen MR) is 116 cm³/mol. The highest BCUT2D eigenvalue weighted by atomic mass is 19.1. The molecule has 1 unspecified atom stereocenters. The molecule has 0 N–H and O–H groups in total. The molecule has 2 fully saturated rings. The van der Waals surface area contributed by atoms with E-state index < -0.39 is 5.67 Å². The zero-order valence-electron chi connectivity index (χ0n) is 18.6. The van der Waals surface area contributed by atoms with Crippen LogP contribution in [-0.2, 0) is 6.42 Å². The van der Waals surface area contributed by atoms with Crippen molar-refractivity contribution in [3.05, 3.63) is 23.3 Å². The van der Waals surface area contributed by atoms with Gasteiger partial charge in [0.25, 0.3) is 0 Å². The van der Waals surface area contributed by atoms with Crippen molar-refractivity contribution < 1.29 is 18.7 Å². The maximum absolute atomic E-state index is 15.9. The number of fused-ring (bicyclic) bond motifs is 1. The second-order valence-electron chi connectivity index (χ2n) is 9.39. The lowest BCUT2D eigenvalue weighted by Crippen LogP contribution is -2.40. The van der Waals surface area contributed by atoms with Crippen LogP contribution in [0, 0.1) is 11.8 Å². The van der Waals surface area contributed by atoms with Gasteiger partial charge < -0.3 is 14.4 Å². The third kappa shape index (κ3) is 4.51. The van der Waals surface area contributed by atoms with Crippen LogP contribution in [0.15, 0.2) is 12.1 Å². The molecule has 1 heterocycles. The SMILES string of the molecule is CCOc1cc2c(cc1OCC)C(=O)C(F)(CC1CCN(CC3CCCC3)CC1)C2. The number of alkyl halides is 1. The summed E-state index contributed by atoms with van der Waals surface area (Å²) < 4.78 is 27.2. The summed E-state index contributed by atoms with van der Waals surface area (Å²) in [6.07, 6.45) is 7.99. The van der Waals surface area contributed by atoms with Crippen LogP contribution in [0.2, 0.25) is 0 Å². The summed E-state index contributed by atoms with van der Waals surface area (Å²) in [5.74, 6) is 1.92. The van der Waals surface area contributed by atoms with Gasteiger partial charge in [0.15, 0.2) is 17.2 Å². The molecule has 166 valence electrons. The van der Waals surface area contributed by atoms with Gasteiger partial charge in [-0.05, 0) is 88.6 Å². The van der Waals surface area contributed by atoms with Crippen molar-refractivity contribution in [1.29, 1.82) is 0 Å². The molecular formula is C25H36FNO3. The van der Waals surface area contributed by atoms with Gasteiger partial charge in [0, 0.05) is 18.5 Å². The smallest absolute Gasteiger partial charge is 0.200 e. The normalized spacial score (nSPS) is 25.6. The minimum Gasteiger partial charge on any atom is -0.490 e. The van der Waals surface area contributed by atoms with Crippen molar-refractivity contribution in [3.8, 4) is 11.5 Å². The van der Waals surface area contributed by atoms with Crippen LogP contribution in [0.25, 0.3) is 0 Å². The van der Waals surface area contributed by atoms with Crippen LogP contribution in [0.3, 0.4) is 0 Å². The number of Topliss-reactive ketones (excluding diaryl/α,β-unsaturated/α-hetero) is 1. The number of hydrogen-bond donors (Lipinski definition) is 0. The molecule has 5 heteroatoms. The molecule has 1 saturated heterocycles. The summed E-state index contributed by atoms with van der Waals surface area (Å²) in [5.41, 5.74) is -0.550. The predicted octanol–water partition coefficient (Wildman–Crippen LogP) is 5.22. The van der Waals surface area contributed by atoms with Gasteiger partial charge in [-0.3, -0.25) is 4.79 Å². The molecule has 30 heavy (non-hydrogen) atoms. The van der Waals surface area contributed by atoms with Gasteiger partial charge in [0.1, 0.15) is 0 Å². The van der Waals surface area contributed by atoms with Gasteiger partial charge in [-0.15, -0.1) is 0 Å². The second-order valence-corrected chi connectivity index (χ2v) is 9.39. The first-order valence-electron chi connectivity index (χ1n) is 11.9. The molecule has 0 aromatic heterocycles. The van der Waals surface area contributed by atoms with Crippen LogP contribution in [0.4, 0.5) is 4.39 Å². The van der Waals surface area contributed by atoms with Crippen molar-refractivity contribution in [3.63, 3.8) is 0 Å². The Kier molecular flexibility index (Phi) is 6.66. The zero-order valence-corrected chi connectivity index (χ0v) is 18.6. The number of carbonyl (C=O) groups is 1. The van der Waals surface area contributed by atoms with E-state index in [0.717, 1.165) is 37.4 Å². The summed E-state index contributed by atoms with van der Waals surface area (Å²) in [6.45, 7) is 8.08. The van der Waals surface area contributed by atoms with E-state index in [-0.39, 0.29) is 18.1 Å². The van der Waals surface area contributed by atoms with E-state index in [1.165, 1.54) is 32.2 Å². The van der Waals surface area contributed by atoms with E-state index in [9.17, 15) is 4.79 Å². The molecule has 3 aliphatic rings. The number of carbonyl (C=O) groups excluding carboxylic acids is 1. The minimum atomic E-state index is -1.78. The summed E-state index contributed by atoms with van der Waals surface area (Å²) >= 11 is 0. The topological polar surface area (TPSA) is 38.8 Å². The number of hydrogen-bond acceptors (Lipinski definition) is 4. The Morgan fingerprint density at radius 1 is 1.00 bits per heavy atom. The van der Waals surface area contributed by atoms with E-state index in [1.54, 1.807) is 6.07 Å². The van der Waals surface area contributed by atoms with Crippen LogP contribution in [-0.4, -0.2) is 49.2 Å². The lowest BCUT2D eigenvalue weighted by molar-refractivity contribution is 0.0582. The first kappa shape index (κ1) is 21.6. The summed E-state index contributed by atoms with van der Waals surface area (Å²) in [5, 5.41) is 0. The van der Waals surface area contributed by atoms with E-state index in [2.05, 4.69) is 4.90 Å². The van der Waals surface area contributed by atoms with Crippen LogP contribution in [0.5, 0.6) is 11.5 Å². The standard InChI is InChI=1S/C25H36FNO3/c1-3-29-22-13-20-16-25(26,24(28)21(20)14-23(22)30-4-2)15-18-9-11-27(12-10-18)17-19-7-5-6-8-19/h13-14,18-19H,3-12,15-17H2,1-2H3. The van der Waals surface area contributed by atoms with Gasteiger partial charge in [-0.2, -0.15) is 0 Å². The molecule has 1 aromatic carbocycles. The largest absolute Gasteiger partial charge is 0.490 e. The van der Waals surface area contributed by atoms with Gasteiger partial charge in [0.2, 0.25) is 5.78 Å². The van der Waals surface area contributed by atoms with Crippen LogP contribution in [0.1, 0.15) is 74.7 Å². The Balaban J connectivity index is 1.39. The molecule has 1 aliphatic heterocycles. The zero-order chi connectivity index (χ0) is 21.1. The number of likely N-dealkylation sites (tertiary alicyclic amines) is 1. The van der Waals surface area contributed by atoms with Crippen molar-refractivity contribution in [2.45, 2.75) is 70.9 Å². The highest BCUT2D eigenvalue weighted by Crippen LogP contribution is 2.44. The Hall–Kier alpha value is -1.62. The number of nitrogens with zero attached hydrogens (tertiary/aromatic N) is 1. The van der Waals surface area contributed by atoms with Crippen molar-refractivity contribution in [1.82, 2.24) is 4.90 Å². The molecular weight excluding hydrogens is 381 g/mol. The third-order valence-corrected chi connectivity index (χ3v) is 7.20. The minimum absolute atomic E-state index is 0.163. The molecule has 1 saturated carbocycles. The Morgan fingerprint density at radius 3 is 2.27 bits per heavy atom. The van der Waals surface area contributed by atoms with Crippen molar-refractivity contribution in [2.75, 3.05) is 32.8 Å². The average Bonchev–Trinajstić information content (AvgIpc) is 3.31. The maximum atomic E-state index is 15.9. The van der Waals surface area contributed by atoms with E-state index >= 15 is 4.39 Å².